The molecule has 25 heavy (non-hydrogen) atoms. The van der Waals surface area contributed by atoms with Gasteiger partial charge in [0.1, 0.15) is 24.1 Å². The summed E-state index contributed by atoms with van der Waals surface area (Å²) in [5.41, 5.74) is 0.750. The van der Waals surface area contributed by atoms with E-state index in [-0.39, 0.29) is 11.7 Å². The number of nitrogens with one attached hydrogen (secondary N) is 2. The molecule has 0 saturated carbocycles. The van der Waals surface area contributed by atoms with Gasteiger partial charge in [0.15, 0.2) is 11.3 Å². The van der Waals surface area contributed by atoms with Crippen LogP contribution < -0.4 is 15.4 Å². The van der Waals surface area contributed by atoms with Crippen LogP contribution in [0.15, 0.2) is 24.3 Å². The van der Waals surface area contributed by atoms with Crippen LogP contribution in [-0.2, 0) is 4.74 Å². The van der Waals surface area contributed by atoms with Crippen molar-refractivity contribution in [1.82, 2.24) is 5.32 Å². The molecule has 5 N–H and O–H groups in total. The van der Waals surface area contributed by atoms with Gasteiger partial charge in [0.05, 0.1) is 13.2 Å². The fraction of sp³-hybridized carbons (Fsp3) is 0.588. The van der Waals surface area contributed by atoms with E-state index < -0.39 is 24.5 Å². The molecule has 0 spiro atoms. The van der Waals surface area contributed by atoms with Gasteiger partial charge in [-0.2, -0.15) is 0 Å². The first kappa shape index (κ1) is 19.9. The van der Waals surface area contributed by atoms with Crippen LogP contribution in [-0.4, -0.2) is 58.2 Å². The van der Waals surface area contributed by atoms with Crippen molar-refractivity contribution in [2.45, 2.75) is 44.8 Å². The van der Waals surface area contributed by atoms with Gasteiger partial charge in [-0.05, 0) is 48.8 Å². The van der Waals surface area contributed by atoms with E-state index in [1.165, 1.54) is 0 Å². The second-order valence-electron chi connectivity index (χ2n) is 6.41. The Morgan fingerprint density at radius 1 is 1.24 bits per heavy atom. The molecule has 7 nitrogen and oxygen atoms in total. The molecule has 1 saturated heterocycles. The summed E-state index contributed by atoms with van der Waals surface area (Å²) in [7, 11) is 0. The van der Waals surface area contributed by atoms with Crippen molar-refractivity contribution in [2.24, 2.45) is 5.92 Å². The highest BCUT2D eigenvalue weighted by molar-refractivity contribution is 7.80. The third kappa shape index (κ3) is 5.79. The fourth-order valence-electron chi connectivity index (χ4n) is 2.36. The standard InChI is InChI=1S/C17H26N2O5S/c1-10(2)7-8-23-12-5-3-11(4-6-12)18-17(25)19-16-15(22)14(21)13(9-20)24-16/h3-6,10,13-16,20-22H,7-9H2,1-2H3,(H2,18,19,25)/t13-,14+,15+,16?/m1/s1. The van der Waals surface area contributed by atoms with Crippen molar-refractivity contribution >= 4 is 23.0 Å². The number of ether oxygens (including phenoxy) is 2. The number of anilines is 1. The minimum absolute atomic E-state index is 0.239. The van der Waals surface area contributed by atoms with E-state index in [9.17, 15) is 10.2 Å². The van der Waals surface area contributed by atoms with Gasteiger partial charge < -0.3 is 35.4 Å². The number of benzene rings is 1. The zero-order valence-corrected chi connectivity index (χ0v) is 15.2. The van der Waals surface area contributed by atoms with Gasteiger partial charge in [0.2, 0.25) is 0 Å². The van der Waals surface area contributed by atoms with Gasteiger partial charge in [-0.15, -0.1) is 0 Å². The summed E-state index contributed by atoms with van der Waals surface area (Å²) in [6.45, 7) is 4.60. The van der Waals surface area contributed by atoms with Crippen LogP contribution >= 0.6 is 12.2 Å². The van der Waals surface area contributed by atoms with Crippen LogP contribution in [0.4, 0.5) is 5.69 Å². The molecule has 1 aromatic rings. The smallest absolute Gasteiger partial charge is 0.172 e. The molecule has 4 atom stereocenters. The Morgan fingerprint density at radius 2 is 1.92 bits per heavy atom. The maximum atomic E-state index is 9.88. The van der Waals surface area contributed by atoms with Crippen molar-refractivity contribution in [3.63, 3.8) is 0 Å². The summed E-state index contributed by atoms with van der Waals surface area (Å²) in [5.74, 6) is 1.38. The van der Waals surface area contributed by atoms with E-state index in [1.54, 1.807) is 0 Å². The second-order valence-corrected chi connectivity index (χ2v) is 6.82. The Hall–Kier alpha value is -1.45. The third-order valence-corrected chi connectivity index (χ3v) is 4.11. The van der Waals surface area contributed by atoms with Crippen LogP contribution in [0, 0.1) is 5.92 Å². The van der Waals surface area contributed by atoms with E-state index in [0.29, 0.717) is 12.5 Å². The Labute approximate surface area is 153 Å². The SMILES string of the molecule is CC(C)CCOc1ccc(NC(=S)NC2O[C@H](CO)[C@H](O)[C@@H]2O)cc1. The van der Waals surface area contributed by atoms with Crippen molar-refractivity contribution < 1.29 is 24.8 Å². The van der Waals surface area contributed by atoms with Gasteiger partial charge in [-0.3, -0.25) is 0 Å². The van der Waals surface area contributed by atoms with Crippen molar-refractivity contribution in [2.75, 3.05) is 18.5 Å². The molecule has 1 heterocycles. The lowest BCUT2D eigenvalue weighted by atomic mass is 10.1. The lowest BCUT2D eigenvalue weighted by Crippen LogP contribution is -2.45. The van der Waals surface area contributed by atoms with Crippen molar-refractivity contribution in [1.29, 1.82) is 0 Å². The first-order valence-corrected chi connectivity index (χ1v) is 8.74. The lowest BCUT2D eigenvalue weighted by Gasteiger charge is -2.19. The third-order valence-electron chi connectivity index (χ3n) is 3.89. The van der Waals surface area contributed by atoms with Crippen LogP contribution in [0.25, 0.3) is 0 Å². The Morgan fingerprint density at radius 3 is 2.48 bits per heavy atom. The minimum atomic E-state index is -1.17. The van der Waals surface area contributed by atoms with E-state index in [4.69, 9.17) is 26.8 Å². The van der Waals surface area contributed by atoms with Gasteiger partial charge in [-0.25, -0.2) is 0 Å². The topological polar surface area (TPSA) is 103 Å². The molecular weight excluding hydrogens is 344 g/mol. The van der Waals surface area contributed by atoms with Crippen LogP contribution in [0.1, 0.15) is 20.3 Å². The van der Waals surface area contributed by atoms with Gasteiger partial charge in [0.25, 0.3) is 0 Å². The molecule has 1 aliphatic rings. The summed E-state index contributed by atoms with van der Waals surface area (Å²) in [4.78, 5) is 0. The molecule has 8 heteroatoms. The normalized spacial score (nSPS) is 25.8. The number of thiocarbonyl (C=S) groups is 1. The monoisotopic (exact) mass is 370 g/mol. The first-order chi connectivity index (χ1) is 11.9. The second kappa shape index (κ2) is 9.30. The van der Waals surface area contributed by atoms with Crippen LogP contribution in [0.3, 0.4) is 0 Å². The quantitative estimate of drug-likeness (QED) is 0.450. The molecule has 2 rings (SSSR count). The Kier molecular flexibility index (Phi) is 7.39. The molecule has 0 aliphatic carbocycles. The molecule has 0 bridgehead atoms. The maximum Gasteiger partial charge on any atom is 0.172 e. The van der Waals surface area contributed by atoms with Gasteiger partial charge >= 0.3 is 0 Å². The van der Waals surface area contributed by atoms with Gasteiger partial charge in [0, 0.05) is 5.69 Å². The van der Waals surface area contributed by atoms with Crippen LogP contribution in [0.2, 0.25) is 0 Å². The lowest BCUT2D eigenvalue weighted by molar-refractivity contribution is -0.0260. The molecule has 0 amide bonds. The molecule has 1 aromatic carbocycles. The average Bonchev–Trinajstić information content (AvgIpc) is 2.84. The summed E-state index contributed by atoms with van der Waals surface area (Å²) >= 11 is 5.18. The highest BCUT2D eigenvalue weighted by atomic mass is 32.1. The number of rotatable bonds is 7. The summed E-state index contributed by atoms with van der Waals surface area (Å²) in [5, 5.41) is 34.7. The largest absolute Gasteiger partial charge is 0.494 e. The molecule has 1 aliphatic heterocycles. The van der Waals surface area contributed by atoms with Crippen LogP contribution in [0.5, 0.6) is 5.75 Å². The van der Waals surface area contributed by atoms with Gasteiger partial charge in [-0.1, -0.05) is 13.8 Å². The van der Waals surface area contributed by atoms with E-state index in [1.807, 2.05) is 24.3 Å². The van der Waals surface area contributed by atoms with Crippen molar-refractivity contribution in [3.8, 4) is 5.75 Å². The molecular formula is C17H26N2O5S. The highest BCUT2D eigenvalue weighted by Gasteiger charge is 2.42. The number of aliphatic hydroxyl groups is 3. The zero-order chi connectivity index (χ0) is 18.4. The molecule has 140 valence electrons. The average molecular weight is 370 g/mol. The van der Waals surface area contributed by atoms with E-state index in [2.05, 4.69) is 24.5 Å². The predicted octanol–water partition coefficient (Wildman–Crippen LogP) is 0.837. The molecule has 0 aromatic heterocycles. The minimum Gasteiger partial charge on any atom is -0.494 e. The first-order valence-electron chi connectivity index (χ1n) is 8.33. The molecule has 0 radical (unpaired) electrons. The number of hydrogen-bond acceptors (Lipinski definition) is 6. The highest BCUT2D eigenvalue weighted by Crippen LogP contribution is 2.20. The van der Waals surface area contributed by atoms with Crippen molar-refractivity contribution in [3.05, 3.63) is 24.3 Å². The Balaban J connectivity index is 1.80. The maximum absolute atomic E-state index is 9.88. The zero-order valence-electron chi connectivity index (χ0n) is 14.4. The molecule has 1 unspecified atom stereocenters. The summed E-state index contributed by atoms with van der Waals surface area (Å²) in [6.07, 6.45) is -3.05. The number of hydrogen-bond donors (Lipinski definition) is 5. The summed E-state index contributed by atoms with van der Waals surface area (Å²) < 4.78 is 11.0. The molecule has 1 fully saturated rings. The van der Waals surface area contributed by atoms with E-state index >= 15 is 0 Å². The predicted molar refractivity (Wildman–Crippen MR) is 98.5 cm³/mol. The number of aliphatic hydroxyl groups excluding tert-OH is 3. The summed E-state index contributed by atoms with van der Waals surface area (Å²) in [6, 6.07) is 7.35. The Bertz CT molecular complexity index is 554. The van der Waals surface area contributed by atoms with E-state index in [0.717, 1.165) is 17.9 Å². The fourth-order valence-corrected chi connectivity index (χ4v) is 2.60.